The zero-order chi connectivity index (χ0) is 13.0. The second-order valence-corrected chi connectivity index (χ2v) is 4.07. The zero-order valence-corrected chi connectivity index (χ0v) is 9.91. The Balaban J connectivity index is 2.71. The summed E-state index contributed by atoms with van der Waals surface area (Å²) in [5.41, 5.74) is 5.88. The smallest absolute Gasteiger partial charge is 0.226 e. The SMILES string of the molecule is CC(N)CCC(=O)N(C)c1ccc(F)c(F)c1. The number of rotatable bonds is 4. The van der Waals surface area contributed by atoms with Gasteiger partial charge in [-0.2, -0.15) is 0 Å². The van der Waals surface area contributed by atoms with Gasteiger partial charge in [0, 0.05) is 31.3 Å². The van der Waals surface area contributed by atoms with Crippen molar-refractivity contribution in [3.63, 3.8) is 0 Å². The zero-order valence-electron chi connectivity index (χ0n) is 9.91. The second-order valence-electron chi connectivity index (χ2n) is 4.07. The van der Waals surface area contributed by atoms with E-state index < -0.39 is 11.6 Å². The lowest BCUT2D eigenvalue weighted by atomic mass is 10.1. The highest BCUT2D eigenvalue weighted by atomic mass is 19.2. The predicted octanol–water partition coefficient (Wildman–Crippen LogP) is 2.05. The van der Waals surface area contributed by atoms with Crippen LogP contribution in [-0.4, -0.2) is 19.0 Å². The summed E-state index contributed by atoms with van der Waals surface area (Å²) in [4.78, 5) is 13.0. The van der Waals surface area contributed by atoms with E-state index in [0.29, 0.717) is 12.1 Å². The first-order chi connectivity index (χ1) is 7.91. The number of nitrogens with zero attached hydrogens (tertiary/aromatic N) is 1. The van der Waals surface area contributed by atoms with Crippen molar-refractivity contribution in [2.75, 3.05) is 11.9 Å². The molecule has 1 aromatic rings. The van der Waals surface area contributed by atoms with Crippen molar-refractivity contribution in [2.24, 2.45) is 5.73 Å². The molecule has 0 saturated carbocycles. The third kappa shape index (κ3) is 3.78. The van der Waals surface area contributed by atoms with E-state index in [9.17, 15) is 13.6 Å². The van der Waals surface area contributed by atoms with Gasteiger partial charge in [-0.15, -0.1) is 0 Å². The maximum atomic E-state index is 13.0. The molecule has 0 aliphatic heterocycles. The molecule has 0 bridgehead atoms. The Morgan fingerprint density at radius 1 is 1.41 bits per heavy atom. The van der Waals surface area contributed by atoms with Crippen LogP contribution in [0.2, 0.25) is 0 Å². The first-order valence-corrected chi connectivity index (χ1v) is 5.39. The molecule has 5 heteroatoms. The van der Waals surface area contributed by atoms with E-state index in [4.69, 9.17) is 5.73 Å². The van der Waals surface area contributed by atoms with Crippen LogP contribution in [0.5, 0.6) is 0 Å². The molecule has 1 aromatic carbocycles. The summed E-state index contributed by atoms with van der Waals surface area (Å²) in [5, 5.41) is 0. The first kappa shape index (κ1) is 13.6. The molecule has 0 heterocycles. The molecule has 3 nitrogen and oxygen atoms in total. The van der Waals surface area contributed by atoms with Crippen molar-refractivity contribution in [2.45, 2.75) is 25.8 Å². The summed E-state index contributed by atoms with van der Waals surface area (Å²) in [6.45, 7) is 1.81. The molecule has 0 aliphatic rings. The molecule has 0 aromatic heterocycles. The minimum atomic E-state index is -0.964. The second kappa shape index (κ2) is 5.72. The third-order valence-corrected chi connectivity index (χ3v) is 2.48. The Morgan fingerprint density at radius 2 is 2.06 bits per heavy atom. The van der Waals surface area contributed by atoms with Crippen molar-refractivity contribution in [1.29, 1.82) is 0 Å². The summed E-state index contributed by atoms with van der Waals surface area (Å²) in [7, 11) is 1.52. The number of hydrogen-bond acceptors (Lipinski definition) is 2. The van der Waals surface area contributed by atoms with Crippen LogP contribution in [0.15, 0.2) is 18.2 Å². The topological polar surface area (TPSA) is 46.3 Å². The van der Waals surface area contributed by atoms with Crippen molar-refractivity contribution in [3.8, 4) is 0 Å². The van der Waals surface area contributed by atoms with Crippen LogP contribution < -0.4 is 10.6 Å². The van der Waals surface area contributed by atoms with Crippen molar-refractivity contribution < 1.29 is 13.6 Å². The van der Waals surface area contributed by atoms with Gasteiger partial charge in [0.25, 0.3) is 0 Å². The normalized spacial score (nSPS) is 12.3. The molecule has 94 valence electrons. The molecule has 0 saturated heterocycles. The summed E-state index contributed by atoms with van der Waals surface area (Å²) in [5.74, 6) is -2.06. The van der Waals surface area contributed by atoms with Gasteiger partial charge in [0.05, 0.1) is 0 Å². The van der Waals surface area contributed by atoms with E-state index in [1.54, 1.807) is 0 Å². The van der Waals surface area contributed by atoms with Gasteiger partial charge in [0.15, 0.2) is 11.6 Å². The van der Waals surface area contributed by atoms with Gasteiger partial charge in [-0.25, -0.2) is 8.78 Å². The summed E-state index contributed by atoms with van der Waals surface area (Å²) in [6, 6.07) is 3.30. The Kier molecular flexibility index (Phi) is 4.57. The molecular weight excluding hydrogens is 226 g/mol. The van der Waals surface area contributed by atoms with Crippen LogP contribution in [-0.2, 0) is 4.79 Å². The number of nitrogens with two attached hydrogens (primary N) is 1. The fraction of sp³-hybridized carbons (Fsp3) is 0.417. The highest BCUT2D eigenvalue weighted by Crippen LogP contribution is 2.17. The maximum Gasteiger partial charge on any atom is 0.226 e. The first-order valence-electron chi connectivity index (χ1n) is 5.39. The fourth-order valence-corrected chi connectivity index (χ4v) is 1.36. The largest absolute Gasteiger partial charge is 0.328 e. The Morgan fingerprint density at radius 3 is 2.59 bits per heavy atom. The lowest BCUT2D eigenvalue weighted by Gasteiger charge is -2.18. The van der Waals surface area contributed by atoms with Gasteiger partial charge in [-0.1, -0.05) is 0 Å². The molecule has 0 aliphatic carbocycles. The Labute approximate surface area is 99.2 Å². The van der Waals surface area contributed by atoms with Crippen LogP contribution >= 0.6 is 0 Å². The number of carbonyl (C=O) groups is 1. The lowest BCUT2D eigenvalue weighted by Crippen LogP contribution is -2.28. The monoisotopic (exact) mass is 242 g/mol. The van der Waals surface area contributed by atoms with Crippen LogP contribution in [0.3, 0.4) is 0 Å². The highest BCUT2D eigenvalue weighted by Gasteiger charge is 2.13. The average molecular weight is 242 g/mol. The molecule has 1 amide bonds. The molecule has 0 spiro atoms. The minimum absolute atomic E-state index is 0.0581. The summed E-state index contributed by atoms with van der Waals surface area (Å²) >= 11 is 0. The lowest BCUT2D eigenvalue weighted by molar-refractivity contribution is -0.118. The van der Waals surface area contributed by atoms with Gasteiger partial charge in [0.1, 0.15) is 0 Å². The third-order valence-electron chi connectivity index (χ3n) is 2.48. The number of anilines is 1. The number of amides is 1. The molecular formula is C12H16F2N2O. The van der Waals surface area contributed by atoms with E-state index >= 15 is 0 Å². The van der Waals surface area contributed by atoms with Crippen LogP contribution in [0.4, 0.5) is 14.5 Å². The van der Waals surface area contributed by atoms with Gasteiger partial charge in [-0.05, 0) is 25.5 Å². The van der Waals surface area contributed by atoms with Gasteiger partial charge >= 0.3 is 0 Å². The van der Waals surface area contributed by atoms with Crippen LogP contribution in [0.1, 0.15) is 19.8 Å². The number of carbonyl (C=O) groups excluding carboxylic acids is 1. The summed E-state index contributed by atoms with van der Waals surface area (Å²) in [6.07, 6.45) is 0.847. The van der Waals surface area contributed by atoms with Crippen LogP contribution in [0.25, 0.3) is 0 Å². The van der Waals surface area contributed by atoms with E-state index in [1.807, 2.05) is 6.92 Å². The van der Waals surface area contributed by atoms with Gasteiger partial charge < -0.3 is 10.6 Å². The molecule has 0 radical (unpaired) electrons. The van der Waals surface area contributed by atoms with Crippen molar-refractivity contribution in [3.05, 3.63) is 29.8 Å². The average Bonchev–Trinajstić information content (AvgIpc) is 2.28. The molecule has 1 atom stereocenters. The van der Waals surface area contributed by atoms with Crippen molar-refractivity contribution >= 4 is 11.6 Å². The minimum Gasteiger partial charge on any atom is -0.328 e. The Bertz CT molecular complexity index is 407. The van der Waals surface area contributed by atoms with Crippen molar-refractivity contribution in [1.82, 2.24) is 0 Å². The number of halogens is 2. The molecule has 1 rings (SSSR count). The quantitative estimate of drug-likeness (QED) is 0.878. The number of hydrogen-bond donors (Lipinski definition) is 1. The van der Waals surface area contributed by atoms with E-state index in [-0.39, 0.29) is 18.4 Å². The molecule has 1 unspecified atom stereocenters. The fourth-order valence-electron chi connectivity index (χ4n) is 1.36. The van der Waals surface area contributed by atoms with E-state index in [0.717, 1.165) is 12.1 Å². The summed E-state index contributed by atoms with van der Waals surface area (Å²) < 4.78 is 25.7. The Hall–Kier alpha value is -1.49. The van der Waals surface area contributed by atoms with Gasteiger partial charge in [-0.3, -0.25) is 4.79 Å². The van der Waals surface area contributed by atoms with E-state index in [1.165, 1.54) is 18.0 Å². The van der Waals surface area contributed by atoms with Gasteiger partial charge in [0.2, 0.25) is 5.91 Å². The maximum absolute atomic E-state index is 13.0. The molecule has 17 heavy (non-hydrogen) atoms. The highest BCUT2D eigenvalue weighted by molar-refractivity contribution is 5.92. The number of benzene rings is 1. The standard InChI is InChI=1S/C12H16F2N2O/c1-8(15)3-6-12(17)16(2)9-4-5-10(13)11(14)7-9/h4-5,7-8H,3,6,15H2,1-2H3. The molecule has 2 N–H and O–H groups in total. The molecule has 0 fully saturated rings. The predicted molar refractivity (Wildman–Crippen MR) is 62.7 cm³/mol. The van der Waals surface area contributed by atoms with Crippen LogP contribution in [0, 0.1) is 11.6 Å². The van der Waals surface area contributed by atoms with E-state index in [2.05, 4.69) is 0 Å².